The second-order valence-corrected chi connectivity index (χ2v) is 6.79. The van der Waals surface area contributed by atoms with Crippen LogP contribution in [0.25, 0.3) is 0 Å². The summed E-state index contributed by atoms with van der Waals surface area (Å²) in [6.07, 6.45) is 5.71. The Morgan fingerprint density at radius 1 is 1.00 bits per heavy atom. The molecule has 3 rings (SSSR count). The number of piperazine rings is 1. The minimum absolute atomic E-state index is 0.311. The van der Waals surface area contributed by atoms with E-state index in [1.54, 1.807) is 0 Å². The molecule has 0 aliphatic carbocycles. The van der Waals surface area contributed by atoms with Crippen molar-refractivity contribution in [3.05, 3.63) is 0 Å². The quantitative estimate of drug-likeness (QED) is 0.741. The molecule has 0 radical (unpaired) electrons. The molecule has 0 amide bonds. The van der Waals surface area contributed by atoms with E-state index in [4.69, 9.17) is 0 Å². The van der Waals surface area contributed by atoms with Crippen LogP contribution in [0.15, 0.2) is 0 Å². The monoisotopic (exact) mass is 237 g/mol. The van der Waals surface area contributed by atoms with Crippen molar-refractivity contribution in [2.75, 3.05) is 32.7 Å². The molecule has 3 heterocycles. The summed E-state index contributed by atoms with van der Waals surface area (Å²) in [7, 11) is 0. The van der Waals surface area contributed by atoms with Crippen LogP contribution in [0.3, 0.4) is 0 Å². The Morgan fingerprint density at radius 2 is 1.82 bits per heavy atom. The molecule has 0 bridgehead atoms. The normalized spacial score (nSPS) is 39.2. The van der Waals surface area contributed by atoms with Crippen molar-refractivity contribution < 1.29 is 0 Å². The summed E-state index contributed by atoms with van der Waals surface area (Å²) < 4.78 is 0. The molecule has 3 fully saturated rings. The average Bonchev–Trinajstić information content (AvgIpc) is 2.74. The van der Waals surface area contributed by atoms with E-state index >= 15 is 0 Å². The van der Waals surface area contributed by atoms with Gasteiger partial charge in [0.05, 0.1) is 0 Å². The molecule has 1 N–H and O–H groups in total. The average molecular weight is 237 g/mol. The van der Waals surface area contributed by atoms with Crippen LogP contribution in [0.1, 0.15) is 39.5 Å². The maximum atomic E-state index is 3.62. The predicted octanol–water partition coefficient (Wildman–Crippen LogP) is 1.30. The fourth-order valence-electron chi connectivity index (χ4n) is 4.03. The van der Waals surface area contributed by atoms with E-state index in [1.165, 1.54) is 51.9 Å². The lowest BCUT2D eigenvalue weighted by Gasteiger charge is -2.46. The zero-order valence-electron chi connectivity index (χ0n) is 11.4. The lowest BCUT2D eigenvalue weighted by molar-refractivity contribution is 0.0510. The van der Waals surface area contributed by atoms with Crippen LogP contribution in [-0.4, -0.2) is 60.1 Å². The van der Waals surface area contributed by atoms with Gasteiger partial charge in [0, 0.05) is 37.3 Å². The highest BCUT2D eigenvalue weighted by atomic mass is 15.3. The van der Waals surface area contributed by atoms with Crippen molar-refractivity contribution >= 4 is 0 Å². The Labute approximate surface area is 106 Å². The Morgan fingerprint density at radius 3 is 2.65 bits per heavy atom. The van der Waals surface area contributed by atoms with Crippen molar-refractivity contribution in [2.24, 2.45) is 0 Å². The van der Waals surface area contributed by atoms with E-state index in [9.17, 15) is 0 Å². The predicted molar refractivity (Wildman–Crippen MR) is 71.3 cm³/mol. The van der Waals surface area contributed by atoms with Gasteiger partial charge >= 0.3 is 0 Å². The van der Waals surface area contributed by atoms with Gasteiger partial charge in [0.1, 0.15) is 0 Å². The summed E-state index contributed by atoms with van der Waals surface area (Å²) in [4.78, 5) is 5.48. The second kappa shape index (κ2) is 4.52. The van der Waals surface area contributed by atoms with Crippen LogP contribution in [0.5, 0.6) is 0 Å². The number of hydrogen-bond donors (Lipinski definition) is 1. The molecule has 0 saturated carbocycles. The summed E-state index contributed by atoms with van der Waals surface area (Å²) in [5.74, 6) is 0. The molecule has 3 aliphatic heterocycles. The molecule has 3 aliphatic rings. The van der Waals surface area contributed by atoms with Gasteiger partial charge in [-0.15, -0.1) is 0 Å². The summed E-state index contributed by atoms with van der Waals surface area (Å²) in [6, 6.07) is 1.77. The maximum Gasteiger partial charge on any atom is 0.0252 e. The van der Waals surface area contributed by atoms with Gasteiger partial charge in [0.2, 0.25) is 0 Å². The Balaban J connectivity index is 1.61. The van der Waals surface area contributed by atoms with Crippen LogP contribution >= 0.6 is 0 Å². The summed E-state index contributed by atoms with van der Waals surface area (Å²) in [5.41, 5.74) is 0.311. The Bertz CT molecular complexity index is 277. The molecular weight excluding hydrogens is 210 g/mol. The van der Waals surface area contributed by atoms with E-state index in [0.29, 0.717) is 5.54 Å². The number of rotatable bonds is 1. The number of fused-ring (bicyclic) bond motifs is 1. The number of piperidine rings is 1. The van der Waals surface area contributed by atoms with Crippen LogP contribution in [-0.2, 0) is 0 Å². The zero-order valence-corrected chi connectivity index (χ0v) is 11.4. The molecule has 0 aromatic carbocycles. The first-order valence-corrected chi connectivity index (χ1v) is 7.37. The van der Waals surface area contributed by atoms with Gasteiger partial charge in [0.15, 0.2) is 0 Å². The minimum Gasteiger partial charge on any atom is -0.309 e. The van der Waals surface area contributed by atoms with E-state index < -0.39 is 0 Å². The molecule has 0 spiro atoms. The molecule has 2 unspecified atom stereocenters. The first-order chi connectivity index (χ1) is 8.14. The molecule has 3 saturated heterocycles. The number of nitrogens with zero attached hydrogens (tertiary/aromatic N) is 2. The van der Waals surface area contributed by atoms with Crippen molar-refractivity contribution in [1.82, 2.24) is 15.1 Å². The molecule has 98 valence electrons. The van der Waals surface area contributed by atoms with E-state index in [-0.39, 0.29) is 0 Å². The highest BCUT2D eigenvalue weighted by Gasteiger charge is 2.36. The molecule has 3 heteroatoms. The van der Waals surface area contributed by atoms with Gasteiger partial charge in [-0.2, -0.15) is 0 Å². The lowest BCUT2D eigenvalue weighted by Crippen LogP contribution is -2.61. The van der Waals surface area contributed by atoms with Gasteiger partial charge in [-0.05, 0) is 52.6 Å². The molecule has 0 aromatic rings. The van der Waals surface area contributed by atoms with Crippen LogP contribution in [0.4, 0.5) is 0 Å². The van der Waals surface area contributed by atoms with Crippen LogP contribution in [0, 0.1) is 0 Å². The summed E-state index contributed by atoms with van der Waals surface area (Å²) in [6.45, 7) is 11.0. The highest BCUT2D eigenvalue weighted by molar-refractivity contribution is 4.95. The largest absolute Gasteiger partial charge is 0.309 e. The van der Waals surface area contributed by atoms with E-state index in [1.807, 2.05) is 0 Å². The third-order valence-electron chi connectivity index (χ3n) is 4.91. The molecule has 0 aromatic heterocycles. The maximum absolute atomic E-state index is 3.62. The second-order valence-electron chi connectivity index (χ2n) is 6.79. The number of hydrogen-bond acceptors (Lipinski definition) is 3. The fraction of sp³-hybridized carbons (Fsp3) is 1.00. The minimum atomic E-state index is 0.311. The topological polar surface area (TPSA) is 18.5 Å². The van der Waals surface area contributed by atoms with Crippen molar-refractivity contribution in [1.29, 1.82) is 0 Å². The molecule has 2 atom stereocenters. The van der Waals surface area contributed by atoms with Gasteiger partial charge in [0.25, 0.3) is 0 Å². The van der Waals surface area contributed by atoms with Gasteiger partial charge in [-0.1, -0.05) is 0 Å². The SMILES string of the molecule is CC1(C)CN(C2CCN3CCCC3C2)CCN1. The van der Waals surface area contributed by atoms with E-state index in [0.717, 1.165) is 18.6 Å². The Hall–Kier alpha value is -0.120. The highest BCUT2D eigenvalue weighted by Crippen LogP contribution is 2.30. The number of nitrogens with one attached hydrogen (secondary N) is 1. The van der Waals surface area contributed by atoms with Crippen LogP contribution < -0.4 is 5.32 Å². The van der Waals surface area contributed by atoms with Gasteiger partial charge in [-0.25, -0.2) is 0 Å². The lowest BCUT2D eigenvalue weighted by atomic mass is 9.93. The van der Waals surface area contributed by atoms with Crippen molar-refractivity contribution in [2.45, 2.75) is 57.2 Å². The standard InChI is InChI=1S/C14H27N3/c1-14(2)11-17(9-6-15-14)13-5-8-16-7-3-4-12(16)10-13/h12-13,15H,3-11H2,1-2H3. The van der Waals surface area contributed by atoms with Crippen molar-refractivity contribution in [3.63, 3.8) is 0 Å². The van der Waals surface area contributed by atoms with Gasteiger partial charge in [-0.3, -0.25) is 4.90 Å². The Kier molecular flexibility index (Phi) is 3.18. The summed E-state index contributed by atoms with van der Waals surface area (Å²) >= 11 is 0. The molecule has 17 heavy (non-hydrogen) atoms. The van der Waals surface area contributed by atoms with Crippen LogP contribution in [0.2, 0.25) is 0 Å². The van der Waals surface area contributed by atoms with E-state index in [2.05, 4.69) is 29.0 Å². The van der Waals surface area contributed by atoms with Crippen molar-refractivity contribution in [3.8, 4) is 0 Å². The van der Waals surface area contributed by atoms with Gasteiger partial charge < -0.3 is 10.2 Å². The fourth-order valence-corrected chi connectivity index (χ4v) is 4.03. The first-order valence-electron chi connectivity index (χ1n) is 7.37. The summed E-state index contributed by atoms with van der Waals surface area (Å²) in [5, 5.41) is 3.62. The third kappa shape index (κ3) is 2.51. The first kappa shape index (κ1) is 11.9. The molecular formula is C14H27N3. The smallest absolute Gasteiger partial charge is 0.0252 e. The third-order valence-corrected chi connectivity index (χ3v) is 4.91. The molecule has 3 nitrogen and oxygen atoms in total. The zero-order chi connectivity index (χ0) is 11.9.